The van der Waals surface area contributed by atoms with Crippen LogP contribution in [0.4, 0.5) is 0 Å². The Labute approximate surface area is 271 Å². The van der Waals surface area contributed by atoms with Gasteiger partial charge in [-0.15, -0.1) is 0 Å². The highest BCUT2D eigenvalue weighted by Crippen LogP contribution is 2.36. The van der Waals surface area contributed by atoms with Crippen LogP contribution in [0.25, 0.3) is 89.1 Å². The maximum absolute atomic E-state index is 6.39. The van der Waals surface area contributed by atoms with Crippen molar-refractivity contribution < 1.29 is 4.42 Å². The zero-order chi connectivity index (χ0) is 31.2. The SMILES string of the molecule is c1ccc(-c2ccc3cc(-c4ccc5oc6cc(-c7nc(-c8ccccc8)nc(-c8ccccc8)n7)ccc6c5c4)ccc3c2)cc1. The summed E-state index contributed by atoms with van der Waals surface area (Å²) in [5.74, 6) is 1.87. The molecule has 220 valence electrons. The number of hydrogen-bond acceptors (Lipinski definition) is 4. The maximum Gasteiger partial charge on any atom is 0.164 e. The van der Waals surface area contributed by atoms with Crippen LogP contribution >= 0.6 is 0 Å². The van der Waals surface area contributed by atoms with Gasteiger partial charge in [0.2, 0.25) is 0 Å². The predicted octanol–water partition coefficient (Wildman–Crippen LogP) is 11.3. The molecule has 47 heavy (non-hydrogen) atoms. The Balaban J connectivity index is 1.10. The molecule has 0 aliphatic rings. The van der Waals surface area contributed by atoms with Crippen molar-refractivity contribution >= 4 is 32.7 Å². The molecule has 0 amide bonds. The molecule has 7 aromatic carbocycles. The minimum Gasteiger partial charge on any atom is -0.456 e. The van der Waals surface area contributed by atoms with Crippen molar-refractivity contribution in [3.63, 3.8) is 0 Å². The van der Waals surface area contributed by atoms with Crippen LogP contribution in [0.15, 0.2) is 168 Å². The molecule has 0 aliphatic heterocycles. The Morgan fingerprint density at radius 3 is 1.36 bits per heavy atom. The van der Waals surface area contributed by atoms with Gasteiger partial charge in [-0.3, -0.25) is 0 Å². The van der Waals surface area contributed by atoms with Crippen molar-refractivity contribution in [3.8, 4) is 56.4 Å². The van der Waals surface area contributed by atoms with E-state index in [-0.39, 0.29) is 0 Å². The molecule has 9 rings (SSSR count). The molecule has 4 heteroatoms. The van der Waals surface area contributed by atoms with Crippen molar-refractivity contribution in [2.75, 3.05) is 0 Å². The lowest BCUT2D eigenvalue weighted by molar-refractivity contribution is 0.669. The molecule has 0 saturated carbocycles. The number of benzene rings is 7. The maximum atomic E-state index is 6.39. The Hall–Kier alpha value is -6.39. The molecular formula is C43H27N3O. The first-order chi connectivity index (χ1) is 23.2. The third-order valence-electron chi connectivity index (χ3n) is 8.71. The number of furan rings is 1. The summed E-state index contributed by atoms with van der Waals surface area (Å²) >= 11 is 0. The Kier molecular flexibility index (Phi) is 6.43. The van der Waals surface area contributed by atoms with Crippen LogP contribution in [0.3, 0.4) is 0 Å². The third-order valence-corrected chi connectivity index (χ3v) is 8.71. The van der Waals surface area contributed by atoms with E-state index in [2.05, 4.69) is 97.1 Å². The van der Waals surface area contributed by atoms with Crippen LogP contribution in [0.5, 0.6) is 0 Å². The molecule has 0 fully saturated rings. The minimum absolute atomic E-state index is 0.604. The van der Waals surface area contributed by atoms with E-state index in [4.69, 9.17) is 19.4 Å². The fourth-order valence-corrected chi connectivity index (χ4v) is 6.27. The lowest BCUT2D eigenvalue weighted by atomic mass is 9.97. The highest BCUT2D eigenvalue weighted by molar-refractivity contribution is 6.07. The van der Waals surface area contributed by atoms with Crippen LogP contribution in [-0.2, 0) is 0 Å². The Morgan fingerprint density at radius 1 is 0.298 bits per heavy atom. The first-order valence-electron chi connectivity index (χ1n) is 15.7. The summed E-state index contributed by atoms with van der Waals surface area (Å²) in [7, 11) is 0. The summed E-state index contributed by atoms with van der Waals surface area (Å²) in [6.07, 6.45) is 0. The monoisotopic (exact) mass is 601 g/mol. The topological polar surface area (TPSA) is 51.8 Å². The largest absolute Gasteiger partial charge is 0.456 e. The van der Waals surface area contributed by atoms with Crippen molar-refractivity contribution in [1.82, 2.24) is 15.0 Å². The predicted molar refractivity (Wildman–Crippen MR) is 192 cm³/mol. The van der Waals surface area contributed by atoms with E-state index in [0.29, 0.717) is 17.5 Å². The van der Waals surface area contributed by atoms with Crippen LogP contribution in [-0.4, -0.2) is 15.0 Å². The summed E-state index contributed by atoms with van der Waals surface area (Å²) in [5.41, 5.74) is 9.17. The van der Waals surface area contributed by atoms with Gasteiger partial charge in [-0.1, -0.05) is 127 Å². The molecule has 0 N–H and O–H groups in total. The summed E-state index contributed by atoms with van der Waals surface area (Å²) in [6.45, 7) is 0. The number of nitrogens with zero attached hydrogens (tertiary/aromatic N) is 3. The van der Waals surface area contributed by atoms with Crippen molar-refractivity contribution in [2.24, 2.45) is 0 Å². The summed E-state index contributed by atoms with van der Waals surface area (Å²) in [4.78, 5) is 14.6. The number of hydrogen-bond donors (Lipinski definition) is 0. The molecule has 0 radical (unpaired) electrons. The van der Waals surface area contributed by atoms with E-state index < -0.39 is 0 Å². The van der Waals surface area contributed by atoms with Gasteiger partial charge in [-0.2, -0.15) is 0 Å². The van der Waals surface area contributed by atoms with Gasteiger partial charge in [0.15, 0.2) is 17.5 Å². The highest BCUT2D eigenvalue weighted by atomic mass is 16.3. The zero-order valence-electron chi connectivity index (χ0n) is 25.3. The van der Waals surface area contributed by atoms with Crippen molar-refractivity contribution in [2.45, 2.75) is 0 Å². The van der Waals surface area contributed by atoms with Crippen LogP contribution < -0.4 is 0 Å². The molecule has 9 aromatic rings. The van der Waals surface area contributed by atoms with E-state index in [0.717, 1.165) is 44.2 Å². The second kappa shape index (κ2) is 11.2. The zero-order valence-corrected chi connectivity index (χ0v) is 25.3. The first kappa shape index (κ1) is 27.0. The van der Waals surface area contributed by atoms with Crippen LogP contribution in [0.1, 0.15) is 0 Å². The Morgan fingerprint density at radius 2 is 0.766 bits per heavy atom. The molecule has 0 saturated heterocycles. The lowest BCUT2D eigenvalue weighted by Gasteiger charge is -2.08. The van der Waals surface area contributed by atoms with Gasteiger partial charge in [0.1, 0.15) is 11.2 Å². The standard InChI is InChI=1S/C43H27N3O/c1-4-10-28(11-5-1)31-16-17-33-25-34(19-18-32(33)24-31)35-21-23-39-38(26-35)37-22-20-36(27-40(37)47-39)43-45-41(29-12-6-2-7-13-29)44-42(46-43)30-14-8-3-9-15-30/h1-27H. The molecule has 2 aromatic heterocycles. The highest BCUT2D eigenvalue weighted by Gasteiger charge is 2.15. The summed E-state index contributed by atoms with van der Waals surface area (Å²) in [6, 6.07) is 56.5. The summed E-state index contributed by atoms with van der Waals surface area (Å²) < 4.78 is 6.39. The quantitative estimate of drug-likeness (QED) is 0.197. The lowest BCUT2D eigenvalue weighted by Crippen LogP contribution is -2.00. The van der Waals surface area contributed by atoms with Gasteiger partial charge < -0.3 is 4.42 Å². The smallest absolute Gasteiger partial charge is 0.164 e. The number of rotatable bonds is 5. The van der Waals surface area contributed by atoms with E-state index in [1.54, 1.807) is 0 Å². The molecular weight excluding hydrogens is 574 g/mol. The molecule has 4 nitrogen and oxygen atoms in total. The minimum atomic E-state index is 0.604. The molecule has 0 unspecified atom stereocenters. The third kappa shape index (κ3) is 5.02. The number of fused-ring (bicyclic) bond motifs is 4. The van der Waals surface area contributed by atoms with Gasteiger partial charge in [-0.25, -0.2) is 15.0 Å². The first-order valence-corrected chi connectivity index (χ1v) is 15.7. The molecule has 0 bridgehead atoms. The second-order valence-corrected chi connectivity index (χ2v) is 11.7. The van der Waals surface area contributed by atoms with Gasteiger partial charge >= 0.3 is 0 Å². The normalized spacial score (nSPS) is 11.4. The number of aromatic nitrogens is 3. The fourth-order valence-electron chi connectivity index (χ4n) is 6.27. The van der Waals surface area contributed by atoms with Gasteiger partial charge in [-0.05, 0) is 69.4 Å². The molecule has 0 spiro atoms. The van der Waals surface area contributed by atoms with E-state index in [9.17, 15) is 0 Å². The van der Waals surface area contributed by atoms with Gasteiger partial charge in [0, 0.05) is 27.5 Å². The molecule has 0 atom stereocenters. The molecule has 0 aliphatic carbocycles. The average molecular weight is 602 g/mol. The van der Waals surface area contributed by atoms with Crippen LogP contribution in [0, 0.1) is 0 Å². The summed E-state index contributed by atoms with van der Waals surface area (Å²) in [5, 5.41) is 4.57. The second-order valence-electron chi connectivity index (χ2n) is 11.7. The van der Waals surface area contributed by atoms with Crippen molar-refractivity contribution in [3.05, 3.63) is 164 Å². The van der Waals surface area contributed by atoms with E-state index in [1.165, 1.54) is 27.5 Å². The van der Waals surface area contributed by atoms with E-state index in [1.807, 2.05) is 66.7 Å². The molecule has 2 heterocycles. The van der Waals surface area contributed by atoms with Crippen LogP contribution in [0.2, 0.25) is 0 Å². The fraction of sp³-hybridized carbons (Fsp3) is 0. The average Bonchev–Trinajstić information content (AvgIpc) is 3.52. The van der Waals surface area contributed by atoms with Gasteiger partial charge in [0.05, 0.1) is 0 Å². The Bertz CT molecular complexity index is 2500. The van der Waals surface area contributed by atoms with Crippen molar-refractivity contribution in [1.29, 1.82) is 0 Å². The van der Waals surface area contributed by atoms with E-state index >= 15 is 0 Å². The van der Waals surface area contributed by atoms with Gasteiger partial charge in [0.25, 0.3) is 0 Å².